The van der Waals surface area contributed by atoms with Crippen LogP contribution < -0.4 is 20.9 Å². The average molecular weight is 541 g/mol. The SMILES string of the molecule is CC(C)c1ccc(OCC(=O)NNC(=S)NC(=O)c2sc3ccccc3c2Cl)c(Br)c1. The highest BCUT2D eigenvalue weighted by Crippen LogP contribution is 2.35. The third-order valence-electron chi connectivity index (χ3n) is 4.27. The zero-order chi connectivity index (χ0) is 22.5. The molecule has 0 aliphatic carbocycles. The number of thiocarbonyl (C=S) groups is 1. The fourth-order valence-corrected chi connectivity index (χ4v) is 4.72. The number of amides is 2. The smallest absolute Gasteiger partial charge is 0.276 e. The van der Waals surface area contributed by atoms with Gasteiger partial charge in [-0.1, -0.05) is 49.7 Å². The predicted octanol–water partition coefficient (Wildman–Crippen LogP) is 5.16. The van der Waals surface area contributed by atoms with Gasteiger partial charge in [0.25, 0.3) is 11.8 Å². The second-order valence-electron chi connectivity index (χ2n) is 6.83. The lowest BCUT2D eigenvalue weighted by molar-refractivity contribution is -0.123. The second-order valence-corrected chi connectivity index (χ2v) is 9.52. The minimum absolute atomic E-state index is 0.0608. The number of benzene rings is 2. The maximum atomic E-state index is 12.5. The van der Waals surface area contributed by atoms with Crippen LogP contribution in [-0.4, -0.2) is 23.5 Å². The third kappa shape index (κ3) is 5.94. The Kier molecular flexibility index (Phi) is 7.88. The molecule has 0 unspecified atom stereocenters. The van der Waals surface area contributed by atoms with Gasteiger partial charge < -0.3 is 4.74 Å². The van der Waals surface area contributed by atoms with Crippen LogP contribution in [0.3, 0.4) is 0 Å². The largest absolute Gasteiger partial charge is 0.483 e. The van der Waals surface area contributed by atoms with Gasteiger partial charge in [0.15, 0.2) is 11.7 Å². The Morgan fingerprint density at radius 1 is 1.19 bits per heavy atom. The molecule has 3 rings (SSSR count). The van der Waals surface area contributed by atoms with Gasteiger partial charge in [-0.3, -0.25) is 25.8 Å². The molecule has 0 aliphatic heterocycles. The molecule has 0 saturated carbocycles. The summed E-state index contributed by atoms with van der Waals surface area (Å²) in [5.74, 6) is 0.0195. The molecule has 0 aliphatic rings. The van der Waals surface area contributed by atoms with Gasteiger partial charge in [0, 0.05) is 10.1 Å². The van der Waals surface area contributed by atoms with E-state index < -0.39 is 11.8 Å². The molecule has 31 heavy (non-hydrogen) atoms. The Morgan fingerprint density at radius 2 is 1.94 bits per heavy atom. The lowest BCUT2D eigenvalue weighted by Crippen LogP contribution is -2.49. The molecule has 3 N–H and O–H groups in total. The summed E-state index contributed by atoms with van der Waals surface area (Å²) < 4.78 is 7.18. The van der Waals surface area contributed by atoms with Crippen LogP contribution in [0.1, 0.15) is 35.0 Å². The molecule has 0 radical (unpaired) electrons. The maximum absolute atomic E-state index is 12.5. The minimum Gasteiger partial charge on any atom is -0.483 e. The number of thiophene rings is 1. The number of halogens is 2. The van der Waals surface area contributed by atoms with E-state index in [0.717, 1.165) is 20.1 Å². The molecular weight excluding hydrogens is 522 g/mol. The number of hydrogen-bond acceptors (Lipinski definition) is 5. The molecule has 0 fully saturated rings. The van der Waals surface area contributed by atoms with Crippen molar-refractivity contribution in [1.29, 1.82) is 0 Å². The summed E-state index contributed by atoms with van der Waals surface area (Å²) in [4.78, 5) is 24.8. The van der Waals surface area contributed by atoms with Gasteiger partial charge in [-0.25, -0.2) is 0 Å². The fraction of sp³-hybridized carbons (Fsp3) is 0.190. The van der Waals surface area contributed by atoms with Gasteiger partial charge in [0.05, 0.1) is 9.50 Å². The Morgan fingerprint density at radius 3 is 2.61 bits per heavy atom. The van der Waals surface area contributed by atoms with E-state index in [1.54, 1.807) is 6.07 Å². The van der Waals surface area contributed by atoms with Crippen LogP contribution in [0.25, 0.3) is 10.1 Å². The van der Waals surface area contributed by atoms with E-state index >= 15 is 0 Å². The number of rotatable bonds is 5. The molecule has 1 heterocycles. The number of fused-ring (bicyclic) bond motifs is 1. The first-order chi connectivity index (χ1) is 14.8. The lowest BCUT2D eigenvalue weighted by Gasteiger charge is -2.13. The van der Waals surface area contributed by atoms with Crippen LogP contribution in [0.2, 0.25) is 5.02 Å². The summed E-state index contributed by atoms with van der Waals surface area (Å²) in [6.07, 6.45) is 0. The van der Waals surface area contributed by atoms with Crippen molar-refractivity contribution in [2.24, 2.45) is 0 Å². The summed E-state index contributed by atoms with van der Waals surface area (Å²) in [7, 11) is 0. The summed E-state index contributed by atoms with van der Waals surface area (Å²) in [5.41, 5.74) is 6.02. The van der Waals surface area contributed by atoms with Gasteiger partial charge in [0.2, 0.25) is 0 Å². The zero-order valence-corrected chi connectivity index (χ0v) is 20.6. The second kappa shape index (κ2) is 10.4. The van der Waals surface area contributed by atoms with Crippen LogP contribution in [0.15, 0.2) is 46.9 Å². The Hall–Kier alpha value is -2.20. The highest BCUT2D eigenvalue weighted by atomic mass is 79.9. The molecule has 0 atom stereocenters. The highest BCUT2D eigenvalue weighted by molar-refractivity contribution is 9.10. The Bertz CT molecular complexity index is 1150. The number of hydrogen-bond donors (Lipinski definition) is 3. The van der Waals surface area contributed by atoms with Crippen LogP contribution in [0.5, 0.6) is 5.75 Å². The van der Waals surface area contributed by atoms with Crippen LogP contribution in [0, 0.1) is 0 Å². The van der Waals surface area contributed by atoms with Gasteiger partial charge in [-0.2, -0.15) is 0 Å². The number of nitrogens with one attached hydrogen (secondary N) is 3. The maximum Gasteiger partial charge on any atom is 0.276 e. The predicted molar refractivity (Wildman–Crippen MR) is 132 cm³/mol. The number of ether oxygens (including phenoxy) is 1. The summed E-state index contributed by atoms with van der Waals surface area (Å²) in [5, 5.41) is 3.61. The molecule has 0 spiro atoms. The van der Waals surface area contributed by atoms with Gasteiger partial charge in [-0.15, -0.1) is 11.3 Å². The van der Waals surface area contributed by atoms with Gasteiger partial charge in [0.1, 0.15) is 10.6 Å². The molecule has 0 saturated heterocycles. The van der Waals surface area contributed by atoms with E-state index in [1.807, 2.05) is 36.4 Å². The van der Waals surface area contributed by atoms with Crippen molar-refractivity contribution >= 4 is 78.1 Å². The quantitative estimate of drug-likeness (QED) is 0.308. The fourth-order valence-electron chi connectivity index (χ4n) is 2.65. The molecule has 1 aromatic heterocycles. The zero-order valence-electron chi connectivity index (χ0n) is 16.6. The van der Waals surface area contributed by atoms with E-state index in [0.29, 0.717) is 21.6 Å². The van der Waals surface area contributed by atoms with Gasteiger partial charge in [-0.05, 0) is 57.8 Å². The van der Waals surface area contributed by atoms with Crippen molar-refractivity contribution in [2.45, 2.75) is 19.8 Å². The van der Waals surface area contributed by atoms with Crippen molar-refractivity contribution in [1.82, 2.24) is 16.2 Å². The Balaban J connectivity index is 1.48. The molecule has 0 bridgehead atoms. The summed E-state index contributed by atoms with van der Waals surface area (Å²) in [6.45, 7) is 3.96. The number of carbonyl (C=O) groups excluding carboxylic acids is 2. The van der Waals surface area contributed by atoms with E-state index in [9.17, 15) is 9.59 Å². The molecule has 10 heteroatoms. The van der Waals surface area contributed by atoms with Crippen LogP contribution in [-0.2, 0) is 4.79 Å². The van der Waals surface area contributed by atoms with E-state index in [2.05, 4.69) is 45.9 Å². The molecule has 2 amide bonds. The first kappa shape index (κ1) is 23.5. The van der Waals surface area contributed by atoms with Crippen molar-refractivity contribution in [3.05, 3.63) is 62.4 Å². The average Bonchev–Trinajstić information content (AvgIpc) is 3.08. The highest BCUT2D eigenvalue weighted by Gasteiger charge is 2.18. The minimum atomic E-state index is -0.462. The van der Waals surface area contributed by atoms with Crippen molar-refractivity contribution in [3.63, 3.8) is 0 Å². The van der Waals surface area contributed by atoms with E-state index in [-0.39, 0.29) is 11.7 Å². The molecule has 162 valence electrons. The van der Waals surface area contributed by atoms with E-state index in [4.69, 9.17) is 28.6 Å². The standard InChI is InChI=1S/C21H19BrClN3O3S2/c1-11(2)12-7-8-15(14(22)9-12)29-10-17(27)25-26-21(30)24-20(28)19-18(23)13-5-3-4-6-16(13)31-19/h3-9,11H,10H2,1-2H3,(H,25,27)(H2,24,26,28,30). The Labute approximate surface area is 202 Å². The van der Waals surface area contributed by atoms with E-state index in [1.165, 1.54) is 11.3 Å². The van der Waals surface area contributed by atoms with Gasteiger partial charge >= 0.3 is 0 Å². The monoisotopic (exact) mass is 539 g/mol. The third-order valence-corrected chi connectivity index (χ3v) is 6.76. The topological polar surface area (TPSA) is 79.5 Å². The normalized spacial score (nSPS) is 10.7. The summed E-state index contributed by atoms with van der Waals surface area (Å²) >= 11 is 16.1. The first-order valence-corrected chi connectivity index (χ1v) is 11.6. The van der Waals surface area contributed by atoms with Crippen LogP contribution >= 0.6 is 51.1 Å². The molecule has 6 nitrogen and oxygen atoms in total. The van der Waals surface area contributed by atoms with Crippen molar-refractivity contribution in [2.75, 3.05) is 6.61 Å². The lowest BCUT2D eigenvalue weighted by atomic mass is 10.0. The number of carbonyl (C=O) groups is 2. The molecular formula is C21H19BrClN3O3S2. The molecule has 2 aromatic carbocycles. The summed E-state index contributed by atoms with van der Waals surface area (Å²) in [6, 6.07) is 13.2. The van der Waals surface area contributed by atoms with Crippen molar-refractivity contribution < 1.29 is 14.3 Å². The van der Waals surface area contributed by atoms with Crippen molar-refractivity contribution in [3.8, 4) is 5.75 Å². The molecule has 3 aromatic rings. The van der Waals surface area contributed by atoms with Crippen LogP contribution in [0.4, 0.5) is 0 Å². The first-order valence-electron chi connectivity index (χ1n) is 9.25. The number of hydrazine groups is 1.